The number of rotatable bonds is 5. The molecule has 1 aromatic heterocycles. The monoisotopic (exact) mass is 294 g/mol. The lowest BCUT2D eigenvalue weighted by Crippen LogP contribution is -2.58. The summed E-state index contributed by atoms with van der Waals surface area (Å²) in [6.45, 7) is 4.10. The molecule has 1 saturated heterocycles. The third-order valence-corrected chi connectivity index (χ3v) is 3.00. The lowest BCUT2D eigenvalue weighted by atomic mass is 10.1. The lowest BCUT2D eigenvalue weighted by molar-refractivity contribution is -0.133. The van der Waals surface area contributed by atoms with E-state index < -0.39 is 6.04 Å². The molecule has 9 heteroatoms. The van der Waals surface area contributed by atoms with Gasteiger partial charge < -0.3 is 15.0 Å². The highest BCUT2D eigenvalue weighted by atomic mass is 16.5. The number of amides is 2. The Morgan fingerprint density at radius 3 is 2.71 bits per heavy atom. The standard InChI is InChI=1S/C12H18N6O3/c1-4-7-9(20)14-8(19)6-18(7)11-15-10(13-3)16-12(17-11)21-5-2/h7H,4-6H2,1-3H3,(H,14,19,20)(H,13,15,16,17). The van der Waals surface area contributed by atoms with Gasteiger partial charge in [-0.2, -0.15) is 15.0 Å². The molecule has 1 unspecified atom stereocenters. The van der Waals surface area contributed by atoms with Crippen molar-refractivity contribution in [2.75, 3.05) is 30.4 Å². The molecule has 2 amide bonds. The Morgan fingerprint density at radius 2 is 2.10 bits per heavy atom. The normalized spacial score (nSPS) is 18.4. The maximum atomic E-state index is 11.9. The minimum absolute atomic E-state index is 0.0168. The Labute approximate surface area is 122 Å². The highest BCUT2D eigenvalue weighted by Crippen LogP contribution is 2.20. The van der Waals surface area contributed by atoms with Crippen molar-refractivity contribution in [3.63, 3.8) is 0 Å². The van der Waals surface area contributed by atoms with Crippen LogP contribution < -0.4 is 20.3 Å². The van der Waals surface area contributed by atoms with Crippen LogP contribution in [0.4, 0.5) is 11.9 Å². The molecule has 1 fully saturated rings. The van der Waals surface area contributed by atoms with E-state index in [1.165, 1.54) is 0 Å². The summed E-state index contributed by atoms with van der Waals surface area (Å²) in [5.74, 6) is -0.170. The zero-order valence-electron chi connectivity index (χ0n) is 12.2. The topological polar surface area (TPSA) is 109 Å². The van der Waals surface area contributed by atoms with Crippen molar-refractivity contribution < 1.29 is 14.3 Å². The average molecular weight is 294 g/mol. The van der Waals surface area contributed by atoms with Gasteiger partial charge in [-0.1, -0.05) is 6.92 Å². The number of nitrogens with zero attached hydrogens (tertiary/aromatic N) is 4. The van der Waals surface area contributed by atoms with Crippen LogP contribution in [0.5, 0.6) is 6.01 Å². The van der Waals surface area contributed by atoms with Crippen molar-refractivity contribution in [2.24, 2.45) is 0 Å². The molecule has 2 rings (SSSR count). The average Bonchev–Trinajstić information content (AvgIpc) is 2.46. The minimum Gasteiger partial charge on any atom is -0.464 e. The van der Waals surface area contributed by atoms with E-state index in [9.17, 15) is 9.59 Å². The number of imide groups is 1. The second-order valence-corrected chi connectivity index (χ2v) is 4.39. The molecule has 1 aromatic rings. The van der Waals surface area contributed by atoms with Gasteiger partial charge in [0.25, 0.3) is 0 Å². The highest BCUT2D eigenvalue weighted by Gasteiger charge is 2.34. The van der Waals surface area contributed by atoms with Crippen molar-refractivity contribution >= 4 is 23.7 Å². The van der Waals surface area contributed by atoms with Gasteiger partial charge in [-0.15, -0.1) is 0 Å². The fourth-order valence-electron chi connectivity index (χ4n) is 2.06. The number of ether oxygens (including phenoxy) is 1. The summed E-state index contributed by atoms with van der Waals surface area (Å²) in [5.41, 5.74) is 0. The first-order valence-electron chi connectivity index (χ1n) is 6.76. The zero-order valence-corrected chi connectivity index (χ0v) is 12.2. The summed E-state index contributed by atoms with van der Waals surface area (Å²) in [7, 11) is 1.67. The fraction of sp³-hybridized carbons (Fsp3) is 0.583. The second kappa shape index (κ2) is 6.33. The van der Waals surface area contributed by atoms with Crippen LogP contribution in [0, 0.1) is 0 Å². The van der Waals surface area contributed by atoms with E-state index in [0.717, 1.165) is 0 Å². The van der Waals surface area contributed by atoms with E-state index in [2.05, 4.69) is 25.6 Å². The Morgan fingerprint density at radius 1 is 1.33 bits per heavy atom. The van der Waals surface area contributed by atoms with Gasteiger partial charge in [-0.05, 0) is 13.3 Å². The lowest BCUT2D eigenvalue weighted by Gasteiger charge is -2.33. The maximum absolute atomic E-state index is 11.9. The van der Waals surface area contributed by atoms with Gasteiger partial charge in [0.2, 0.25) is 23.7 Å². The fourth-order valence-corrected chi connectivity index (χ4v) is 2.06. The van der Waals surface area contributed by atoms with Gasteiger partial charge in [0.1, 0.15) is 12.6 Å². The second-order valence-electron chi connectivity index (χ2n) is 4.39. The molecule has 0 saturated carbocycles. The summed E-state index contributed by atoms with van der Waals surface area (Å²) < 4.78 is 5.29. The highest BCUT2D eigenvalue weighted by molar-refractivity contribution is 6.04. The molecule has 114 valence electrons. The number of nitrogens with one attached hydrogen (secondary N) is 2. The predicted molar refractivity (Wildman–Crippen MR) is 75.1 cm³/mol. The number of carbonyl (C=O) groups excluding carboxylic acids is 2. The number of carbonyl (C=O) groups is 2. The third kappa shape index (κ3) is 3.18. The van der Waals surface area contributed by atoms with Gasteiger partial charge in [0.05, 0.1) is 6.61 Å². The molecule has 0 aromatic carbocycles. The van der Waals surface area contributed by atoms with Crippen LogP contribution >= 0.6 is 0 Å². The van der Waals surface area contributed by atoms with Crippen LogP contribution in [0.25, 0.3) is 0 Å². The maximum Gasteiger partial charge on any atom is 0.323 e. The van der Waals surface area contributed by atoms with E-state index in [4.69, 9.17) is 4.74 Å². The molecule has 1 atom stereocenters. The molecular weight excluding hydrogens is 276 g/mol. The smallest absolute Gasteiger partial charge is 0.323 e. The Balaban J connectivity index is 2.39. The van der Waals surface area contributed by atoms with Gasteiger partial charge in [0.15, 0.2) is 0 Å². The molecule has 21 heavy (non-hydrogen) atoms. The Bertz CT molecular complexity index is 550. The molecule has 0 radical (unpaired) electrons. The summed E-state index contributed by atoms with van der Waals surface area (Å²) in [4.78, 5) is 37.5. The zero-order chi connectivity index (χ0) is 15.4. The van der Waals surface area contributed by atoms with Gasteiger partial charge in [0, 0.05) is 7.05 Å². The minimum atomic E-state index is -0.496. The van der Waals surface area contributed by atoms with Crippen molar-refractivity contribution in [2.45, 2.75) is 26.3 Å². The van der Waals surface area contributed by atoms with E-state index in [0.29, 0.717) is 19.0 Å². The molecule has 2 N–H and O–H groups in total. The molecule has 9 nitrogen and oxygen atoms in total. The van der Waals surface area contributed by atoms with E-state index in [1.807, 2.05) is 13.8 Å². The molecule has 0 aliphatic carbocycles. The van der Waals surface area contributed by atoms with E-state index in [-0.39, 0.29) is 30.3 Å². The predicted octanol–water partition coefficient (Wildman–Crippen LogP) is -0.447. The largest absolute Gasteiger partial charge is 0.464 e. The van der Waals surface area contributed by atoms with Crippen molar-refractivity contribution in [1.82, 2.24) is 20.3 Å². The number of hydrogen-bond acceptors (Lipinski definition) is 8. The van der Waals surface area contributed by atoms with E-state index >= 15 is 0 Å². The molecule has 1 aliphatic heterocycles. The molecule has 2 heterocycles. The van der Waals surface area contributed by atoms with Gasteiger partial charge in [-0.25, -0.2) is 0 Å². The molecule has 0 bridgehead atoms. The third-order valence-electron chi connectivity index (χ3n) is 3.00. The van der Waals surface area contributed by atoms with Gasteiger partial charge in [-0.3, -0.25) is 14.9 Å². The summed E-state index contributed by atoms with van der Waals surface area (Å²) in [6, 6.07) is -0.343. The summed E-state index contributed by atoms with van der Waals surface area (Å²) >= 11 is 0. The van der Waals surface area contributed by atoms with Crippen LogP contribution in [0.2, 0.25) is 0 Å². The summed E-state index contributed by atoms with van der Waals surface area (Å²) in [5, 5.41) is 5.12. The molecular formula is C12H18N6O3. The van der Waals surface area contributed by atoms with Crippen molar-refractivity contribution in [3.8, 4) is 6.01 Å². The molecule has 0 spiro atoms. The first-order chi connectivity index (χ1) is 10.1. The van der Waals surface area contributed by atoms with Crippen LogP contribution in [-0.2, 0) is 9.59 Å². The van der Waals surface area contributed by atoms with Crippen LogP contribution in [0.3, 0.4) is 0 Å². The molecule has 1 aliphatic rings. The number of piperazine rings is 1. The number of hydrogen-bond donors (Lipinski definition) is 2. The van der Waals surface area contributed by atoms with Crippen LogP contribution in [-0.4, -0.2) is 53.0 Å². The Hall–Kier alpha value is -2.45. The van der Waals surface area contributed by atoms with Gasteiger partial charge >= 0.3 is 6.01 Å². The first-order valence-corrected chi connectivity index (χ1v) is 6.76. The summed E-state index contributed by atoms with van der Waals surface area (Å²) in [6.07, 6.45) is 0.531. The SMILES string of the molecule is CCOc1nc(NC)nc(N2CC(=O)NC(=O)C2CC)n1. The number of anilines is 2. The van der Waals surface area contributed by atoms with Crippen LogP contribution in [0.15, 0.2) is 0 Å². The first kappa shape index (κ1) is 14.9. The quantitative estimate of drug-likeness (QED) is 0.703. The van der Waals surface area contributed by atoms with E-state index in [1.54, 1.807) is 11.9 Å². The van der Waals surface area contributed by atoms with Crippen molar-refractivity contribution in [3.05, 3.63) is 0 Å². The van der Waals surface area contributed by atoms with Crippen molar-refractivity contribution in [1.29, 1.82) is 0 Å². The Kier molecular flexibility index (Phi) is 4.51. The van der Waals surface area contributed by atoms with Crippen LogP contribution in [0.1, 0.15) is 20.3 Å². The number of aromatic nitrogens is 3.